The molecule has 8 aromatic rings. The van der Waals surface area contributed by atoms with E-state index in [4.69, 9.17) is 9.97 Å². The van der Waals surface area contributed by atoms with Gasteiger partial charge in [0, 0.05) is 52.6 Å². The van der Waals surface area contributed by atoms with E-state index >= 15 is 0 Å². The maximum atomic E-state index is 5.13. The summed E-state index contributed by atoms with van der Waals surface area (Å²) < 4.78 is 0. The lowest BCUT2D eigenvalue weighted by molar-refractivity contribution is 1.18. The molecule has 0 aliphatic rings. The second-order valence-corrected chi connectivity index (χ2v) is 11.3. The lowest BCUT2D eigenvalue weighted by Gasteiger charge is -2.13. The normalized spacial score (nSPS) is 10.9. The molecule has 0 radical (unpaired) electrons. The Bertz CT molecular complexity index is 2130. The predicted molar refractivity (Wildman–Crippen MR) is 191 cm³/mol. The zero-order valence-corrected chi connectivity index (χ0v) is 25.8. The van der Waals surface area contributed by atoms with Crippen LogP contribution in [0, 0.1) is 0 Å². The maximum absolute atomic E-state index is 5.13. The van der Waals surface area contributed by atoms with Crippen LogP contribution in [0.5, 0.6) is 0 Å². The summed E-state index contributed by atoms with van der Waals surface area (Å²) in [6.45, 7) is 0. The lowest BCUT2D eigenvalue weighted by Crippen LogP contribution is -1.97. The Labute approximate surface area is 278 Å². The highest BCUT2D eigenvalue weighted by atomic mass is 14.9. The van der Waals surface area contributed by atoms with Crippen molar-refractivity contribution in [3.63, 3.8) is 0 Å². The second kappa shape index (κ2) is 13.0. The van der Waals surface area contributed by atoms with Gasteiger partial charge in [0.1, 0.15) is 0 Å². The largest absolute Gasteiger partial charge is 0.261 e. The van der Waals surface area contributed by atoms with Gasteiger partial charge < -0.3 is 0 Å². The first-order valence-corrected chi connectivity index (χ1v) is 15.7. The van der Waals surface area contributed by atoms with E-state index in [1.807, 2.05) is 42.5 Å². The molecular formula is C42H28N6. The number of hydrogen-bond donors (Lipinski definition) is 0. The highest BCUT2D eigenvalue weighted by Crippen LogP contribution is 2.35. The van der Waals surface area contributed by atoms with E-state index in [9.17, 15) is 0 Å². The fourth-order valence-corrected chi connectivity index (χ4v) is 5.72. The summed E-state index contributed by atoms with van der Waals surface area (Å²) in [6, 6.07) is 47.7. The van der Waals surface area contributed by atoms with Gasteiger partial charge in [0.25, 0.3) is 0 Å². The Morgan fingerprint density at radius 2 is 0.792 bits per heavy atom. The van der Waals surface area contributed by atoms with Crippen LogP contribution in [0.4, 0.5) is 0 Å². The molecule has 3 heterocycles. The van der Waals surface area contributed by atoms with Crippen molar-refractivity contribution in [1.82, 2.24) is 29.9 Å². The van der Waals surface area contributed by atoms with Crippen molar-refractivity contribution in [2.24, 2.45) is 0 Å². The van der Waals surface area contributed by atoms with Crippen molar-refractivity contribution in [3.8, 4) is 78.8 Å². The van der Waals surface area contributed by atoms with Crippen LogP contribution in [0.1, 0.15) is 0 Å². The summed E-state index contributed by atoms with van der Waals surface area (Å²) in [5.41, 5.74) is 11.8. The number of aromatic nitrogens is 6. The SMILES string of the molecule is c1ccc(-c2cc(-c3ccccc3)nc(-c3cc(-c4ccc(-c5cnccn5)cc4)cc(-c4ccc(-c5ncccn5)cc4)c3)n2)cc1. The van der Waals surface area contributed by atoms with Crippen LogP contribution in [0.15, 0.2) is 171 Å². The van der Waals surface area contributed by atoms with E-state index < -0.39 is 0 Å². The first-order chi connectivity index (χ1) is 23.8. The van der Waals surface area contributed by atoms with Crippen LogP contribution in [0.3, 0.4) is 0 Å². The molecule has 0 aliphatic carbocycles. The summed E-state index contributed by atoms with van der Waals surface area (Å²) in [7, 11) is 0. The fraction of sp³-hybridized carbons (Fsp3) is 0. The molecule has 0 fully saturated rings. The highest BCUT2D eigenvalue weighted by molar-refractivity contribution is 5.82. The molecule has 8 rings (SSSR count). The standard InChI is InChI=1S/C42H28N6/c1-3-8-31(9-4-1)38-27-39(32-10-5-2-6-11-32)48-42(47-38)37-25-35(29-12-16-33(17-13-29)40-28-43-22-23-44-40)24-36(26-37)30-14-18-34(19-15-30)41-45-20-7-21-46-41/h1-28H. The lowest BCUT2D eigenvalue weighted by atomic mass is 9.94. The molecule has 0 N–H and O–H groups in total. The zero-order chi connectivity index (χ0) is 32.1. The molecule has 0 amide bonds. The van der Waals surface area contributed by atoms with E-state index in [2.05, 4.69) is 117 Å². The average Bonchev–Trinajstić information content (AvgIpc) is 3.19. The number of hydrogen-bond acceptors (Lipinski definition) is 6. The summed E-state index contributed by atoms with van der Waals surface area (Å²) in [6.07, 6.45) is 8.69. The monoisotopic (exact) mass is 616 g/mol. The minimum absolute atomic E-state index is 0.656. The fourth-order valence-electron chi connectivity index (χ4n) is 5.72. The van der Waals surface area contributed by atoms with E-state index in [0.29, 0.717) is 11.6 Å². The first kappa shape index (κ1) is 28.8. The van der Waals surface area contributed by atoms with Crippen molar-refractivity contribution in [3.05, 3.63) is 171 Å². The van der Waals surface area contributed by atoms with Crippen molar-refractivity contribution >= 4 is 0 Å². The van der Waals surface area contributed by atoms with Gasteiger partial charge in [0.15, 0.2) is 11.6 Å². The molecule has 3 aromatic heterocycles. The van der Waals surface area contributed by atoms with Crippen LogP contribution in [0.25, 0.3) is 78.8 Å². The van der Waals surface area contributed by atoms with Gasteiger partial charge in [-0.3, -0.25) is 9.97 Å². The molecule has 48 heavy (non-hydrogen) atoms. The van der Waals surface area contributed by atoms with Gasteiger partial charge in [0.2, 0.25) is 0 Å². The summed E-state index contributed by atoms with van der Waals surface area (Å²) in [5.74, 6) is 1.35. The summed E-state index contributed by atoms with van der Waals surface area (Å²) >= 11 is 0. The molecule has 0 saturated carbocycles. The van der Waals surface area contributed by atoms with Crippen LogP contribution < -0.4 is 0 Å². The Morgan fingerprint density at radius 1 is 0.292 bits per heavy atom. The minimum atomic E-state index is 0.656. The predicted octanol–water partition coefficient (Wildman–Crippen LogP) is 9.73. The number of benzene rings is 5. The van der Waals surface area contributed by atoms with E-state index in [0.717, 1.165) is 67.2 Å². The Kier molecular flexibility index (Phi) is 7.79. The molecule has 5 aromatic carbocycles. The quantitative estimate of drug-likeness (QED) is 0.177. The molecule has 6 nitrogen and oxygen atoms in total. The second-order valence-electron chi connectivity index (χ2n) is 11.3. The zero-order valence-electron chi connectivity index (χ0n) is 25.8. The van der Waals surface area contributed by atoms with E-state index in [1.54, 1.807) is 31.0 Å². The Morgan fingerprint density at radius 3 is 1.33 bits per heavy atom. The topological polar surface area (TPSA) is 77.3 Å². The molecule has 0 atom stereocenters. The van der Waals surface area contributed by atoms with Gasteiger partial charge in [-0.2, -0.15) is 0 Å². The van der Waals surface area contributed by atoms with Crippen molar-refractivity contribution < 1.29 is 0 Å². The van der Waals surface area contributed by atoms with Gasteiger partial charge in [-0.25, -0.2) is 19.9 Å². The van der Waals surface area contributed by atoms with Crippen LogP contribution in [0.2, 0.25) is 0 Å². The molecule has 0 saturated heterocycles. The molecule has 0 spiro atoms. The molecule has 226 valence electrons. The number of nitrogens with zero attached hydrogens (tertiary/aromatic N) is 6. The summed E-state index contributed by atoms with van der Waals surface area (Å²) in [5, 5.41) is 0. The third kappa shape index (κ3) is 6.10. The third-order valence-electron chi connectivity index (χ3n) is 8.18. The van der Waals surface area contributed by atoms with E-state index in [-0.39, 0.29) is 0 Å². The first-order valence-electron chi connectivity index (χ1n) is 15.7. The Hall–Kier alpha value is -6.66. The van der Waals surface area contributed by atoms with Gasteiger partial charge >= 0.3 is 0 Å². The summed E-state index contributed by atoms with van der Waals surface area (Å²) in [4.78, 5) is 27.8. The van der Waals surface area contributed by atoms with Crippen LogP contribution in [-0.4, -0.2) is 29.9 Å². The van der Waals surface area contributed by atoms with Gasteiger partial charge in [-0.05, 0) is 52.6 Å². The molecule has 6 heteroatoms. The van der Waals surface area contributed by atoms with Gasteiger partial charge in [-0.1, -0.05) is 109 Å². The van der Waals surface area contributed by atoms with Crippen LogP contribution >= 0.6 is 0 Å². The van der Waals surface area contributed by atoms with Crippen LogP contribution in [-0.2, 0) is 0 Å². The van der Waals surface area contributed by atoms with Gasteiger partial charge in [-0.15, -0.1) is 0 Å². The van der Waals surface area contributed by atoms with Crippen molar-refractivity contribution in [2.75, 3.05) is 0 Å². The Balaban J connectivity index is 1.28. The van der Waals surface area contributed by atoms with E-state index in [1.165, 1.54) is 0 Å². The molecule has 0 bridgehead atoms. The molecular weight excluding hydrogens is 589 g/mol. The minimum Gasteiger partial charge on any atom is -0.261 e. The number of rotatable bonds is 7. The van der Waals surface area contributed by atoms with Crippen molar-refractivity contribution in [2.45, 2.75) is 0 Å². The maximum Gasteiger partial charge on any atom is 0.160 e. The van der Waals surface area contributed by atoms with Crippen molar-refractivity contribution in [1.29, 1.82) is 0 Å². The van der Waals surface area contributed by atoms with Gasteiger partial charge in [0.05, 0.1) is 23.3 Å². The highest BCUT2D eigenvalue weighted by Gasteiger charge is 2.14. The third-order valence-corrected chi connectivity index (χ3v) is 8.18. The molecule has 0 unspecified atom stereocenters. The smallest absolute Gasteiger partial charge is 0.160 e. The molecule has 0 aliphatic heterocycles. The average molecular weight is 617 g/mol.